The maximum atomic E-state index is 8.84. The third kappa shape index (κ3) is 5.97. The molecule has 3 unspecified atom stereocenters. The van der Waals surface area contributed by atoms with Crippen molar-refractivity contribution in [1.82, 2.24) is 10.6 Å². The van der Waals surface area contributed by atoms with Gasteiger partial charge in [0.1, 0.15) is 6.23 Å². The maximum Gasteiger partial charge on any atom is 0.103 e. The molecule has 4 heteroatoms. The largest absolute Gasteiger partial charge is 0.379 e. The zero-order valence-corrected chi connectivity index (χ0v) is 6.76. The van der Waals surface area contributed by atoms with Crippen LogP contribution in [0.3, 0.4) is 0 Å². The highest BCUT2D eigenvalue weighted by Crippen LogP contribution is 1.79. The maximum absolute atomic E-state index is 8.84. The van der Waals surface area contributed by atoms with Gasteiger partial charge in [0, 0.05) is 0 Å². The van der Waals surface area contributed by atoms with Crippen LogP contribution in [-0.4, -0.2) is 23.7 Å². The van der Waals surface area contributed by atoms with E-state index in [1.807, 2.05) is 13.8 Å². The molecule has 62 valence electrons. The van der Waals surface area contributed by atoms with Gasteiger partial charge in [0.15, 0.2) is 0 Å². The van der Waals surface area contributed by atoms with E-state index in [0.717, 1.165) is 0 Å². The second-order valence-corrected chi connectivity index (χ2v) is 2.52. The smallest absolute Gasteiger partial charge is 0.103 e. The Morgan fingerprint density at radius 2 is 1.70 bits per heavy atom. The number of nitrogens with two attached hydrogens (primary N) is 1. The van der Waals surface area contributed by atoms with Gasteiger partial charge in [-0.2, -0.15) is 0 Å². The summed E-state index contributed by atoms with van der Waals surface area (Å²) in [6, 6.07) is 0. The van der Waals surface area contributed by atoms with Crippen molar-refractivity contribution >= 4 is 0 Å². The fraction of sp³-hybridized carbons (Fsp3) is 1.00. The van der Waals surface area contributed by atoms with E-state index in [-0.39, 0.29) is 12.3 Å². The molecule has 10 heavy (non-hydrogen) atoms. The second kappa shape index (κ2) is 4.62. The van der Waals surface area contributed by atoms with Crippen LogP contribution in [0.4, 0.5) is 0 Å². The van der Waals surface area contributed by atoms with Gasteiger partial charge in [0.25, 0.3) is 0 Å². The zero-order chi connectivity index (χ0) is 8.15. The summed E-state index contributed by atoms with van der Waals surface area (Å²) in [6.07, 6.45) is -0.512. The van der Waals surface area contributed by atoms with Crippen molar-refractivity contribution in [2.45, 2.75) is 39.3 Å². The summed E-state index contributed by atoms with van der Waals surface area (Å²) in [7, 11) is 0. The van der Waals surface area contributed by atoms with E-state index in [4.69, 9.17) is 10.8 Å². The summed E-state index contributed by atoms with van der Waals surface area (Å²) in [5.74, 6) is 0. The van der Waals surface area contributed by atoms with Crippen molar-refractivity contribution in [2.75, 3.05) is 0 Å². The average Bonchev–Trinajstić information content (AvgIpc) is 1.58. The lowest BCUT2D eigenvalue weighted by molar-refractivity contribution is 0.134. The first-order valence-corrected chi connectivity index (χ1v) is 3.48. The lowest BCUT2D eigenvalue weighted by atomic mass is 10.4. The SMILES string of the molecule is CC(N)NC(C)NC(C)O. The molecule has 4 nitrogen and oxygen atoms in total. The topological polar surface area (TPSA) is 70.3 Å². The van der Waals surface area contributed by atoms with Crippen molar-refractivity contribution in [1.29, 1.82) is 0 Å². The van der Waals surface area contributed by atoms with Gasteiger partial charge in [0.05, 0.1) is 12.3 Å². The number of hydrogen-bond acceptors (Lipinski definition) is 4. The third-order valence-corrected chi connectivity index (χ3v) is 1.00. The molecule has 0 fully saturated rings. The Morgan fingerprint density at radius 1 is 1.20 bits per heavy atom. The van der Waals surface area contributed by atoms with Gasteiger partial charge in [-0.1, -0.05) is 0 Å². The fourth-order valence-corrected chi connectivity index (χ4v) is 0.804. The number of rotatable bonds is 4. The van der Waals surface area contributed by atoms with Crippen molar-refractivity contribution in [3.63, 3.8) is 0 Å². The van der Waals surface area contributed by atoms with E-state index in [9.17, 15) is 0 Å². The predicted octanol–water partition coefficient (Wildman–Crippen LogP) is -0.845. The molecule has 0 amide bonds. The third-order valence-electron chi connectivity index (χ3n) is 1.00. The summed E-state index contributed by atoms with van der Waals surface area (Å²) in [5, 5.41) is 14.7. The molecule has 5 N–H and O–H groups in total. The molecule has 0 aromatic rings. The Hall–Kier alpha value is -0.160. The first-order chi connectivity index (χ1) is 4.52. The van der Waals surface area contributed by atoms with Crippen LogP contribution in [0.25, 0.3) is 0 Å². The molecule has 0 aliphatic rings. The van der Waals surface area contributed by atoms with Crippen molar-refractivity contribution in [2.24, 2.45) is 5.73 Å². The normalized spacial score (nSPS) is 20.1. The molecule has 0 saturated carbocycles. The lowest BCUT2D eigenvalue weighted by Crippen LogP contribution is -2.50. The summed E-state index contributed by atoms with van der Waals surface area (Å²) in [6.45, 7) is 5.41. The zero-order valence-electron chi connectivity index (χ0n) is 6.76. The highest BCUT2D eigenvalue weighted by atomic mass is 16.3. The van der Waals surface area contributed by atoms with E-state index in [2.05, 4.69) is 10.6 Å². The molecule has 0 aliphatic heterocycles. The number of aliphatic hydroxyl groups excluding tert-OH is 1. The Labute approximate surface area is 61.8 Å². The molecular weight excluding hydrogens is 130 g/mol. The molecule has 0 rings (SSSR count). The summed E-state index contributed by atoms with van der Waals surface area (Å²) in [5.41, 5.74) is 5.44. The van der Waals surface area contributed by atoms with Gasteiger partial charge in [0.2, 0.25) is 0 Å². The van der Waals surface area contributed by atoms with Crippen LogP contribution >= 0.6 is 0 Å². The first-order valence-electron chi connectivity index (χ1n) is 3.48. The second-order valence-electron chi connectivity index (χ2n) is 2.52. The lowest BCUT2D eigenvalue weighted by Gasteiger charge is -2.19. The van der Waals surface area contributed by atoms with Crippen molar-refractivity contribution in [3.8, 4) is 0 Å². The van der Waals surface area contributed by atoms with E-state index in [1.54, 1.807) is 6.92 Å². The predicted molar refractivity (Wildman–Crippen MR) is 41.1 cm³/mol. The van der Waals surface area contributed by atoms with Crippen LogP contribution in [0.5, 0.6) is 0 Å². The van der Waals surface area contributed by atoms with Crippen LogP contribution in [-0.2, 0) is 0 Å². The Bertz CT molecular complexity index is 75.1. The number of nitrogens with one attached hydrogen (secondary N) is 2. The molecule has 3 atom stereocenters. The summed E-state index contributed by atoms with van der Waals surface area (Å²) >= 11 is 0. The van der Waals surface area contributed by atoms with E-state index < -0.39 is 6.23 Å². The van der Waals surface area contributed by atoms with Crippen molar-refractivity contribution in [3.05, 3.63) is 0 Å². The van der Waals surface area contributed by atoms with Gasteiger partial charge in [-0.05, 0) is 20.8 Å². The van der Waals surface area contributed by atoms with Gasteiger partial charge in [-0.25, -0.2) is 0 Å². The van der Waals surface area contributed by atoms with Crippen LogP contribution in [0, 0.1) is 0 Å². The molecule has 0 bridgehead atoms. The summed E-state index contributed by atoms with van der Waals surface area (Å²) < 4.78 is 0. The quantitative estimate of drug-likeness (QED) is 0.391. The van der Waals surface area contributed by atoms with Gasteiger partial charge in [-0.3, -0.25) is 10.6 Å². The average molecular weight is 147 g/mol. The first kappa shape index (κ1) is 9.84. The highest BCUT2D eigenvalue weighted by Gasteiger charge is 2.03. The number of aliphatic hydroxyl groups is 1. The fourth-order valence-electron chi connectivity index (χ4n) is 0.804. The van der Waals surface area contributed by atoms with Crippen LogP contribution in [0.1, 0.15) is 20.8 Å². The molecule has 0 heterocycles. The van der Waals surface area contributed by atoms with E-state index in [1.165, 1.54) is 0 Å². The molecule has 0 aliphatic carbocycles. The summed E-state index contributed by atoms with van der Waals surface area (Å²) in [4.78, 5) is 0. The standard InChI is InChI=1S/C6H17N3O/c1-4(7)8-5(2)9-6(3)10/h4-6,8-10H,7H2,1-3H3. The van der Waals surface area contributed by atoms with Crippen LogP contribution in [0.2, 0.25) is 0 Å². The van der Waals surface area contributed by atoms with Gasteiger partial charge < -0.3 is 10.8 Å². The Kier molecular flexibility index (Phi) is 4.55. The number of hydrogen-bond donors (Lipinski definition) is 4. The minimum absolute atomic E-state index is 0.0417. The van der Waals surface area contributed by atoms with Crippen LogP contribution in [0.15, 0.2) is 0 Å². The van der Waals surface area contributed by atoms with Crippen LogP contribution < -0.4 is 16.4 Å². The Morgan fingerprint density at radius 3 is 2.00 bits per heavy atom. The molecule has 0 saturated heterocycles. The molecule has 0 radical (unpaired) electrons. The van der Waals surface area contributed by atoms with E-state index in [0.29, 0.717) is 0 Å². The minimum atomic E-state index is -0.499. The monoisotopic (exact) mass is 147 g/mol. The van der Waals surface area contributed by atoms with Gasteiger partial charge >= 0.3 is 0 Å². The molecule has 0 aromatic carbocycles. The van der Waals surface area contributed by atoms with E-state index >= 15 is 0 Å². The van der Waals surface area contributed by atoms with Gasteiger partial charge in [-0.15, -0.1) is 0 Å². The minimum Gasteiger partial charge on any atom is -0.379 e. The van der Waals surface area contributed by atoms with Crippen molar-refractivity contribution < 1.29 is 5.11 Å². The molecule has 0 spiro atoms. The molecule has 0 aromatic heterocycles. The molecular formula is C6H17N3O. The Balaban J connectivity index is 3.34. The highest BCUT2D eigenvalue weighted by molar-refractivity contribution is 4.60.